The molecule has 14 heteroatoms. The summed E-state index contributed by atoms with van der Waals surface area (Å²) in [5.41, 5.74) is 0.182. The second kappa shape index (κ2) is 11.8. The molecule has 43 heavy (non-hydrogen) atoms. The molecule has 0 spiro atoms. The lowest BCUT2D eigenvalue weighted by Crippen LogP contribution is -2.25. The Labute approximate surface area is 243 Å². The smallest absolute Gasteiger partial charge is 0.340 e. The first-order valence-electron chi connectivity index (χ1n) is 12.8. The minimum absolute atomic E-state index is 0.0660. The molecule has 4 aromatic rings. The maximum Gasteiger partial charge on any atom is 0.340 e. The summed E-state index contributed by atoms with van der Waals surface area (Å²) in [4.78, 5) is 51.6. The minimum atomic E-state index is -1.28. The molecular weight excluding hydrogens is 558 g/mol. The number of non-ortho nitro benzene ring substituents is 1. The highest BCUT2D eigenvalue weighted by Gasteiger charge is 2.32. The number of allylic oxidation sites excluding steroid dienone is 1. The van der Waals surface area contributed by atoms with Crippen molar-refractivity contribution in [1.82, 2.24) is 15.0 Å². The molecule has 2 aromatic heterocycles. The highest BCUT2D eigenvalue weighted by Crippen LogP contribution is 2.35. The van der Waals surface area contributed by atoms with Crippen LogP contribution >= 0.6 is 0 Å². The molecule has 1 atom stereocenters. The Morgan fingerprint density at radius 3 is 2.02 bits per heavy atom. The van der Waals surface area contributed by atoms with Gasteiger partial charge in [0.2, 0.25) is 5.95 Å². The van der Waals surface area contributed by atoms with Crippen molar-refractivity contribution in [3.05, 3.63) is 110 Å². The zero-order chi connectivity index (χ0) is 30.6. The molecule has 2 N–H and O–H groups in total. The molecule has 0 saturated carbocycles. The van der Waals surface area contributed by atoms with Crippen molar-refractivity contribution in [2.24, 2.45) is 4.99 Å². The molecule has 0 bridgehead atoms. The average molecular weight is 582 g/mol. The van der Waals surface area contributed by atoms with E-state index in [2.05, 4.69) is 25.3 Å². The van der Waals surface area contributed by atoms with Gasteiger partial charge in [0.25, 0.3) is 11.4 Å². The number of nitrogens with zero attached hydrogens (tertiary/aromatic N) is 6. The lowest BCUT2D eigenvalue weighted by Gasteiger charge is -2.24. The van der Waals surface area contributed by atoms with Crippen LogP contribution < -0.4 is 10.1 Å². The number of carboxylic acids is 1. The normalized spacial score (nSPS) is 15.3. The molecule has 216 valence electrons. The van der Waals surface area contributed by atoms with Crippen LogP contribution in [0.5, 0.6) is 5.75 Å². The zero-order valence-corrected chi connectivity index (χ0v) is 22.6. The van der Waals surface area contributed by atoms with Crippen molar-refractivity contribution in [3.8, 4) is 28.3 Å². The molecule has 2 aromatic carbocycles. The summed E-state index contributed by atoms with van der Waals surface area (Å²) in [6.07, 6.45) is 6.75. The van der Waals surface area contributed by atoms with Crippen LogP contribution in [0.1, 0.15) is 22.5 Å². The van der Waals surface area contributed by atoms with Crippen LogP contribution in [0.2, 0.25) is 0 Å². The number of ether oxygens (including phenoxy) is 1. The van der Waals surface area contributed by atoms with Crippen molar-refractivity contribution in [2.45, 2.75) is 12.0 Å². The maximum atomic E-state index is 12.5. The maximum absolute atomic E-state index is 12.5. The Morgan fingerprint density at radius 1 is 0.930 bits per heavy atom. The van der Waals surface area contributed by atoms with Gasteiger partial charge in [-0.15, -0.1) is 0 Å². The molecule has 0 amide bonds. The third kappa shape index (κ3) is 5.88. The van der Waals surface area contributed by atoms with Crippen LogP contribution in [-0.2, 0) is 5.54 Å². The van der Waals surface area contributed by atoms with Gasteiger partial charge in [-0.3, -0.25) is 30.2 Å². The van der Waals surface area contributed by atoms with Crippen molar-refractivity contribution in [2.75, 3.05) is 19.0 Å². The summed E-state index contributed by atoms with van der Waals surface area (Å²) in [6.45, 7) is 0.258. The molecule has 0 fully saturated rings. The molecule has 1 unspecified atom stereocenters. The molecule has 0 radical (unpaired) electrons. The fourth-order valence-corrected chi connectivity index (χ4v) is 4.61. The van der Waals surface area contributed by atoms with Gasteiger partial charge in [-0.05, 0) is 61.0 Å². The molecule has 1 aliphatic rings. The molecular formula is C29H23N7O7. The van der Waals surface area contributed by atoms with Crippen molar-refractivity contribution in [1.29, 1.82) is 0 Å². The largest absolute Gasteiger partial charge is 0.497 e. The molecule has 5 rings (SSSR count). The average Bonchev–Trinajstić information content (AvgIpc) is 3.50. The van der Waals surface area contributed by atoms with E-state index in [9.17, 15) is 30.1 Å². The first-order valence-corrected chi connectivity index (χ1v) is 12.8. The summed E-state index contributed by atoms with van der Waals surface area (Å²) in [6, 6.07) is 15.0. The van der Waals surface area contributed by atoms with Gasteiger partial charge in [-0.1, -0.05) is 0 Å². The predicted molar refractivity (Wildman–Crippen MR) is 156 cm³/mol. The monoisotopic (exact) mass is 581 g/mol. The number of anilines is 1. The number of carbonyl (C=O) groups is 1. The molecule has 3 heterocycles. The van der Waals surface area contributed by atoms with Gasteiger partial charge in [0.1, 0.15) is 23.0 Å². The Morgan fingerprint density at radius 2 is 1.53 bits per heavy atom. The van der Waals surface area contributed by atoms with E-state index in [-0.39, 0.29) is 40.8 Å². The minimum Gasteiger partial charge on any atom is -0.497 e. The van der Waals surface area contributed by atoms with Gasteiger partial charge >= 0.3 is 5.97 Å². The number of aromatic nitrogens is 3. The van der Waals surface area contributed by atoms with Crippen LogP contribution in [0.15, 0.2) is 84.0 Å². The van der Waals surface area contributed by atoms with Crippen molar-refractivity contribution >= 4 is 29.5 Å². The van der Waals surface area contributed by atoms with E-state index < -0.39 is 21.4 Å². The highest BCUT2D eigenvalue weighted by atomic mass is 16.6. The second-order valence-corrected chi connectivity index (χ2v) is 9.35. The summed E-state index contributed by atoms with van der Waals surface area (Å²) in [7, 11) is 1.51. The van der Waals surface area contributed by atoms with E-state index in [0.717, 1.165) is 0 Å². The first-order chi connectivity index (χ1) is 20.7. The van der Waals surface area contributed by atoms with Crippen LogP contribution in [-0.4, -0.2) is 55.7 Å². The number of aromatic carboxylic acids is 1. The second-order valence-electron chi connectivity index (χ2n) is 9.35. The lowest BCUT2D eigenvalue weighted by molar-refractivity contribution is -0.385. The van der Waals surface area contributed by atoms with E-state index >= 15 is 0 Å². The number of rotatable bonds is 11. The number of benzene rings is 2. The van der Waals surface area contributed by atoms with Gasteiger partial charge in [0, 0.05) is 42.1 Å². The van der Waals surface area contributed by atoms with Gasteiger partial charge in [-0.25, -0.2) is 14.8 Å². The highest BCUT2D eigenvalue weighted by molar-refractivity contribution is 6.01. The number of carboxylic acid groups (broad SMARTS) is 1. The van der Waals surface area contributed by atoms with Crippen LogP contribution in [0.4, 0.5) is 17.3 Å². The SMILES string of the molecule is COc1ccc(-c2nc(NCCC3(c4ccc([N+](=O)[O-])cn4)C=CC=N3)nc(-c3ccc([N+](=O)[O-])cc3)c2C(=O)O)cc1. The summed E-state index contributed by atoms with van der Waals surface area (Å²) in [5.74, 6) is -0.597. The molecule has 0 saturated heterocycles. The third-order valence-electron chi connectivity index (χ3n) is 6.79. The number of pyridine rings is 1. The fourth-order valence-electron chi connectivity index (χ4n) is 4.61. The number of aliphatic imine (C=N–C) groups is 1. The molecule has 14 nitrogen and oxygen atoms in total. The quantitative estimate of drug-likeness (QED) is 0.177. The summed E-state index contributed by atoms with van der Waals surface area (Å²) in [5, 5.41) is 35.6. The molecule has 0 aliphatic carbocycles. The van der Waals surface area contributed by atoms with Gasteiger partial charge in [0.15, 0.2) is 0 Å². The third-order valence-corrected chi connectivity index (χ3v) is 6.79. The number of nitro groups is 2. The lowest BCUT2D eigenvalue weighted by atomic mass is 9.92. The van der Waals surface area contributed by atoms with Gasteiger partial charge in [0.05, 0.1) is 34.0 Å². The Bertz CT molecular complexity index is 1740. The number of methoxy groups -OCH3 is 1. The summed E-state index contributed by atoms with van der Waals surface area (Å²) >= 11 is 0. The van der Waals surface area contributed by atoms with Gasteiger partial charge < -0.3 is 15.2 Å². The summed E-state index contributed by atoms with van der Waals surface area (Å²) < 4.78 is 5.22. The Balaban J connectivity index is 1.52. The number of hydrogen-bond donors (Lipinski definition) is 2. The Kier molecular flexibility index (Phi) is 7.83. The fraction of sp³-hybridized carbons (Fsp3) is 0.138. The van der Waals surface area contributed by atoms with E-state index in [0.29, 0.717) is 29.0 Å². The van der Waals surface area contributed by atoms with Gasteiger partial charge in [-0.2, -0.15) is 0 Å². The van der Waals surface area contributed by atoms with Crippen molar-refractivity contribution in [3.63, 3.8) is 0 Å². The standard InChI is InChI=1S/C29H23N7O7/c1-43-22-10-5-19(6-11-22)26-24(27(37)38)25(18-3-7-20(8-4-18)35(39)40)33-28(34-26)30-16-14-29(13-2-15-32-29)23-12-9-21(17-31-23)36(41)42/h2-13,15,17H,14,16H2,1H3,(H,37,38)(H,30,33,34). The van der Waals surface area contributed by atoms with E-state index in [4.69, 9.17) is 4.74 Å². The Hall–Kier alpha value is -6.05. The predicted octanol–water partition coefficient (Wildman–Crippen LogP) is 5.07. The van der Waals surface area contributed by atoms with E-state index in [1.807, 2.05) is 6.08 Å². The number of nitro benzene ring substituents is 1. The molecule has 1 aliphatic heterocycles. The van der Waals surface area contributed by atoms with E-state index in [1.165, 1.54) is 43.6 Å². The van der Waals surface area contributed by atoms with Crippen LogP contribution in [0.3, 0.4) is 0 Å². The van der Waals surface area contributed by atoms with Crippen LogP contribution in [0, 0.1) is 20.2 Å². The number of hydrogen-bond acceptors (Lipinski definition) is 11. The zero-order valence-electron chi connectivity index (χ0n) is 22.6. The topological polar surface area (TPSA) is 196 Å². The van der Waals surface area contributed by atoms with Crippen LogP contribution in [0.25, 0.3) is 22.5 Å². The van der Waals surface area contributed by atoms with Crippen molar-refractivity contribution < 1.29 is 24.5 Å². The first kappa shape index (κ1) is 28.5. The number of nitrogens with one attached hydrogen (secondary N) is 1. The van der Waals surface area contributed by atoms with E-state index in [1.54, 1.807) is 42.6 Å².